The van der Waals surface area contributed by atoms with E-state index in [1.54, 1.807) is 4.90 Å². The van der Waals surface area contributed by atoms with E-state index in [0.717, 1.165) is 25.3 Å². The molecule has 5 heteroatoms. The van der Waals surface area contributed by atoms with Gasteiger partial charge in [0.05, 0.1) is 0 Å². The maximum atomic E-state index is 12.3. The third kappa shape index (κ3) is 2.90. The number of phenols is 2. The summed E-state index contributed by atoms with van der Waals surface area (Å²) in [6, 6.07) is 4.01. The first-order valence-corrected chi connectivity index (χ1v) is 7.09. The number of hydrogen-bond donors (Lipinski definition) is 2. The Balaban J connectivity index is 2.15. The van der Waals surface area contributed by atoms with Crippen molar-refractivity contribution in [2.45, 2.75) is 18.6 Å². The van der Waals surface area contributed by atoms with Gasteiger partial charge < -0.3 is 15.1 Å². The minimum Gasteiger partial charge on any atom is -0.508 e. The maximum Gasteiger partial charge on any atom is 0.254 e. The molecule has 1 unspecified atom stereocenters. The molecule has 1 fully saturated rings. The molecule has 1 aromatic carbocycles. The van der Waals surface area contributed by atoms with Crippen molar-refractivity contribution >= 4 is 17.7 Å². The second-order valence-corrected chi connectivity index (χ2v) is 5.80. The lowest BCUT2D eigenvalue weighted by Crippen LogP contribution is -2.41. The standard InChI is InChI=1S/C13H17NO3S/c1-2-12-8-14(3-4-18-12)13(17)9-5-10(15)7-11(16)6-9/h5-7,12,15-16H,2-4,8H2,1H3. The summed E-state index contributed by atoms with van der Waals surface area (Å²) < 4.78 is 0. The van der Waals surface area contributed by atoms with Gasteiger partial charge in [-0.15, -0.1) is 0 Å². The van der Waals surface area contributed by atoms with Crippen molar-refractivity contribution in [1.29, 1.82) is 0 Å². The average molecular weight is 267 g/mol. The van der Waals surface area contributed by atoms with Crippen LogP contribution < -0.4 is 0 Å². The minimum atomic E-state index is -0.125. The number of nitrogens with zero attached hydrogens (tertiary/aromatic N) is 1. The Labute approximate surface area is 111 Å². The fourth-order valence-corrected chi connectivity index (χ4v) is 3.23. The Hall–Kier alpha value is -1.36. The van der Waals surface area contributed by atoms with Crippen molar-refractivity contribution in [2.24, 2.45) is 0 Å². The summed E-state index contributed by atoms with van der Waals surface area (Å²) in [4.78, 5) is 14.1. The van der Waals surface area contributed by atoms with Crippen LogP contribution in [0.25, 0.3) is 0 Å². The van der Waals surface area contributed by atoms with Gasteiger partial charge in [0.15, 0.2) is 0 Å². The van der Waals surface area contributed by atoms with E-state index in [1.165, 1.54) is 18.2 Å². The molecule has 1 heterocycles. The maximum absolute atomic E-state index is 12.3. The lowest BCUT2D eigenvalue weighted by atomic mass is 10.1. The van der Waals surface area contributed by atoms with Crippen LogP contribution >= 0.6 is 11.8 Å². The molecule has 4 nitrogen and oxygen atoms in total. The lowest BCUT2D eigenvalue weighted by molar-refractivity contribution is 0.0760. The molecule has 0 spiro atoms. The molecular formula is C13H17NO3S. The molecule has 18 heavy (non-hydrogen) atoms. The molecule has 2 N–H and O–H groups in total. The predicted molar refractivity (Wildman–Crippen MR) is 72.2 cm³/mol. The largest absolute Gasteiger partial charge is 0.508 e. The summed E-state index contributed by atoms with van der Waals surface area (Å²) in [6.45, 7) is 3.57. The van der Waals surface area contributed by atoms with Crippen molar-refractivity contribution in [3.63, 3.8) is 0 Å². The molecule has 1 aliphatic heterocycles. The van der Waals surface area contributed by atoms with Crippen LogP contribution in [0.4, 0.5) is 0 Å². The van der Waals surface area contributed by atoms with Crippen molar-refractivity contribution < 1.29 is 15.0 Å². The Kier molecular flexibility index (Phi) is 4.01. The molecule has 1 saturated heterocycles. The predicted octanol–water partition coefficient (Wildman–Crippen LogP) is 2.07. The van der Waals surface area contributed by atoms with Gasteiger partial charge in [-0.25, -0.2) is 0 Å². The van der Waals surface area contributed by atoms with Crippen LogP contribution in [-0.4, -0.2) is 45.1 Å². The molecule has 1 aliphatic rings. The van der Waals surface area contributed by atoms with Gasteiger partial charge in [0, 0.05) is 35.7 Å². The number of rotatable bonds is 2. The first-order chi connectivity index (χ1) is 8.60. The number of amides is 1. The van der Waals surface area contributed by atoms with E-state index in [0.29, 0.717) is 10.8 Å². The summed E-state index contributed by atoms with van der Waals surface area (Å²) in [5, 5.41) is 19.3. The molecule has 1 aromatic rings. The van der Waals surface area contributed by atoms with E-state index in [9.17, 15) is 15.0 Å². The molecule has 0 aliphatic carbocycles. The highest BCUT2D eigenvalue weighted by Gasteiger charge is 2.24. The molecular weight excluding hydrogens is 250 g/mol. The van der Waals surface area contributed by atoms with Crippen LogP contribution in [0, 0.1) is 0 Å². The molecule has 0 aromatic heterocycles. The van der Waals surface area contributed by atoms with Gasteiger partial charge in [0.25, 0.3) is 5.91 Å². The molecule has 1 amide bonds. The van der Waals surface area contributed by atoms with E-state index in [4.69, 9.17) is 0 Å². The van der Waals surface area contributed by atoms with Crippen molar-refractivity contribution in [3.05, 3.63) is 23.8 Å². The topological polar surface area (TPSA) is 60.8 Å². The molecule has 98 valence electrons. The lowest BCUT2D eigenvalue weighted by Gasteiger charge is -2.32. The van der Waals surface area contributed by atoms with E-state index in [-0.39, 0.29) is 17.4 Å². The van der Waals surface area contributed by atoms with E-state index < -0.39 is 0 Å². The number of hydrogen-bond acceptors (Lipinski definition) is 4. The molecule has 1 atom stereocenters. The van der Waals surface area contributed by atoms with Crippen LogP contribution in [0.1, 0.15) is 23.7 Å². The normalized spacial score (nSPS) is 19.8. The fourth-order valence-electron chi connectivity index (χ4n) is 2.05. The fraction of sp³-hybridized carbons (Fsp3) is 0.462. The van der Waals surface area contributed by atoms with Crippen LogP contribution in [0.2, 0.25) is 0 Å². The Morgan fingerprint density at radius 1 is 1.39 bits per heavy atom. The monoisotopic (exact) mass is 267 g/mol. The van der Waals surface area contributed by atoms with Crippen LogP contribution in [0.15, 0.2) is 18.2 Å². The second kappa shape index (κ2) is 5.52. The molecule has 0 radical (unpaired) electrons. The Morgan fingerprint density at radius 2 is 2.06 bits per heavy atom. The van der Waals surface area contributed by atoms with Crippen molar-refractivity contribution in [3.8, 4) is 11.5 Å². The number of benzene rings is 1. The Bertz CT molecular complexity index is 430. The highest BCUT2D eigenvalue weighted by atomic mass is 32.2. The summed E-state index contributed by atoms with van der Waals surface area (Å²) in [5.41, 5.74) is 0.342. The Morgan fingerprint density at radius 3 is 2.67 bits per heavy atom. The highest BCUT2D eigenvalue weighted by molar-refractivity contribution is 8.00. The molecule has 2 rings (SSSR count). The SMILES string of the molecule is CCC1CN(C(=O)c2cc(O)cc(O)c2)CCS1. The van der Waals surface area contributed by atoms with Gasteiger partial charge in [0.1, 0.15) is 11.5 Å². The third-order valence-corrected chi connectivity index (χ3v) is 4.40. The van der Waals surface area contributed by atoms with Gasteiger partial charge in [0.2, 0.25) is 0 Å². The number of aromatic hydroxyl groups is 2. The van der Waals surface area contributed by atoms with Crippen LogP contribution in [0.5, 0.6) is 11.5 Å². The van der Waals surface area contributed by atoms with Gasteiger partial charge in [-0.05, 0) is 18.6 Å². The number of carbonyl (C=O) groups excluding carboxylic acids is 1. The first-order valence-electron chi connectivity index (χ1n) is 6.04. The first kappa shape index (κ1) is 13.1. The quantitative estimate of drug-likeness (QED) is 0.861. The zero-order valence-corrected chi connectivity index (χ0v) is 11.1. The third-order valence-electron chi connectivity index (χ3n) is 3.03. The number of carbonyl (C=O) groups is 1. The molecule has 0 saturated carbocycles. The van der Waals surface area contributed by atoms with Gasteiger partial charge in [-0.3, -0.25) is 4.79 Å². The van der Waals surface area contributed by atoms with Gasteiger partial charge in [-0.1, -0.05) is 6.92 Å². The zero-order chi connectivity index (χ0) is 13.1. The summed E-state index contributed by atoms with van der Waals surface area (Å²) in [5.74, 6) is 0.642. The smallest absolute Gasteiger partial charge is 0.254 e. The highest BCUT2D eigenvalue weighted by Crippen LogP contribution is 2.25. The molecule has 0 bridgehead atoms. The average Bonchev–Trinajstić information content (AvgIpc) is 2.37. The van der Waals surface area contributed by atoms with E-state index >= 15 is 0 Å². The second-order valence-electron chi connectivity index (χ2n) is 4.39. The van der Waals surface area contributed by atoms with Crippen LogP contribution in [-0.2, 0) is 0 Å². The van der Waals surface area contributed by atoms with Gasteiger partial charge >= 0.3 is 0 Å². The summed E-state index contributed by atoms with van der Waals surface area (Å²) in [7, 11) is 0. The summed E-state index contributed by atoms with van der Waals surface area (Å²) in [6.07, 6.45) is 1.04. The van der Waals surface area contributed by atoms with Gasteiger partial charge in [-0.2, -0.15) is 11.8 Å². The van der Waals surface area contributed by atoms with Crippen LogP contribution in [0.3, 0.4) is 0 Å². The van der Waals surface area contributed by atoms with Crippen molar-refractivity contribution in [1.82, 2.24) is 4.90 Å². The van der Waals surface area contributed by atoms with Crippen molar-refractivity contribution in [2.75, 3.05) is 18.8 Å². The number of thioether (sulfide) groups is 1. The zero-order valence-electron chi connectivity index (χ0n) is 10.3. The minimum absolute atomic E-state index is 0.0863. The number of phenolic OH excluding ortho intramolecular Hbond substituents is 2. The van der Waals surface area contributed by atoms with E-state index in [2.05, 4.69) is 6.92 Å². The van der Waals surface area contributed by atoms with E-state index in [1.807, 2.05) is 11.8 Å². The summed E-state index contributed by atoms with van der Waals surface area (Å²) >= 11 is 1.89.